The fourth-order valence-electron chi connectivity index (χ4n) is 2.61. The lowest BCUT2D eigenvalue weighted by Gasteiger charge is -2.31. The van der Waals surface area contributed by atoms with Gasteiger partial charge < -0.3 is 19.8 Å². The van der Waals surface area contributed by atoms with Crippen LogP contribution in [-0.4, -0.2) is 62.3 Å². The molecule has 9 nitrogen and oxygen atoms in total. The Morgan fingerprint density at radius 1 is 1.42 bits per heavy atom. The summed E-state index contributed by atoms with van der Waals surface area (Å²) in [6.45, 7) is 1.07. The number of carbonyl (C=O) groups excluding carboxylic acids is 1. The second kappa shape index (κ2) is 7.85. The van der Waals surface area contributed by atoms with E-state index in [4.69, 9.17) is 9.15 Å². The molecule has 2 amide bonds. The highest BCUT2D eigenvalue weighted by Gasteiger charge is 2.26. The zero-order valence-corrected chi connectivity index (χ0v) is 15.0. The van der Waals surface area contributed by atoms with Gasteiger partial charge in [-0.05, 0) is 12.1 Å². The number of hydrogen-bond donors (Lipinski definition) is 2. The van der Waals surface area contributed by atoms with Crippen LogP contribution < -0.4 is 10.6 Å². The van der Waals surface area contributed by atoms with Crippen molar-refractivity contribution in [3.63, 3.8) is 0 Å². The summed E-state index contributed by atoms with van der Waals surface area (Å²) in [7, 11) is -3.26. The first-order valence-corrected chi connectivity index (χ1v) is 9.87. The molecule has 0 radical (unpaired) electrons. The average Bonchev–Trinajstić information content (AvgIpc) is 3.14. The smallest absolute Gasteiger partial charge is 0.319 e. The van der Waals surface area contributed by atoms with E-state index in [1.807, 2.05) is 6.07 Å². The molecule has 0 unspecified atom stereocenters. The number of benzene rings is 1. The maximum Gasteiger partial charge on any atom is 0.319 e. The molecule has 1 aliphatic rings. The normalized spacial score (nSPS) is 18.4. The zero-order valence-electron chi connectivity index (χ0n) is 14.2. The van der Waals surface area contributed by atoms with E-state index in [0.717, 1.165) is 11.8 Å². The topological polar surface area (TPSA) is 114 Å². The van der Waals surface area contributed by atoms with Crippen LogP contribution in [0.1, 0.15) is 0 Å². The van der Waals surface area contributed by atoms with Gasteiger partial charge in [0.2, 0.25) is 10.0 Å². The first-order chi connectivity index (χ1) is 12.4. The van der Waals surface area contributed by atoms with Gasteiger partial charge in [0.1, 0.15) is 0 Å². The van der Waals surface area contributed by atoms with E-state index in [2.05, 4.69) is 15.6 Å². The number of sulfonamides is 1. The van der Waals surface area contributed by atoms with E-state index in [1.54, 1.807) is 24.4 Å². The Morgan fingerprint density at radius 2 is 2.27 bits per heavy atom. The zero-order chi connectivity index (χ0) is 18.6. The van der Waals surface area contributed by atoms with Gasteiger partial charge in [0.25, 0.3) is 0 Å². The summed E-state index contributed by atoms with van der Waals surface area (Å²) >= 11 is 0. The van der Waals surface area contributed by atoms with Crippen molar-refractivity contribution in [2.45, 2.75) is 6.10 Å². The molecule has 1 saturated heterocycles. The van der Waals surface area contributed by atoms with Crippen LogP contribution in [0.4, 0.5) is 10.5 Å². The lowest BCUT2D eigenvalue weighted by Crippen LogP contribution is -2.49. The molecule has 3 rings (SSSR count). The van der Waals surface area contributed by atoms with E-state index in [0.29, 0.717) is 24.6 Å². The number of aromatic nitrogens is 1. The second-order valence-corrected chi connectivity index (χ2v) is 7.88. The SMILES string of the molecule is CS(=O)(=O)N1CCO[C@H](CNC(=O)Nc2cccc(-c3cnco3)c2)C1. The minimum Gasteiger partial charge on any atom is -0.444 e. The van der Waals surface area contributed by atoms with Gasteiger partial charge in [0.05, 0.1) is 25.2 Å². The number of hydrogen-bond acceptors (Lipinski definition) is 6. The number of anilines is 1. The molecule has 26 heavy (non-hydrogen) atoms. The number of amides is 2. The van der Waals surface area contributed by atoms with Crippen molar-refractivity contribution in [1.29, 1.82) is 0 Å². The molecule has 0 bridgehead atoms. The minimum absolute atomic E-state index is 0.208. The molecule has 1 aliphatic heterocycles. The number of urea groups is 1. The molecule has 2 heterocycles. The van der Waals surface area contributed by atoms with Gasteiger partial charge in [-0.1, -0.05) is 12.1 Å². The molecule has 0 spiro atoms. The van der Waals surface area contributed by atoms with Gasteiger partial charge >= 0.3 is 6.03 Å². The summed E-state index contributed by atoms with van der Waals surface area (Å²) in [6, 6.07) is 6.76. The van der Waals surface area contributed by atoms with Crippen LogP contribution in [0.5, 0.6) is 0 Å². The van der Waals surface area contributed by atoms with Crippen molar-refractivity contribution in [3.05, 3.63) is 36.9 Å². The molecule has 0 aliphatic carbocycles. The van der Waals surface area contributed by atoms with Crippen LogP contribution in [0.3, 0.4) is 0 Å². The lowest BCUT2D eigenvalue weighted by molar-refractivity contribution is 0.00167. The van der Waals surface area contributed by atoms with Crippen LogP contribution in [-0.2, 0) is 14.8 Å². The Labute approximate surface area is 151 Å². The van der Waals surface area contributed by atoms with Gasteiger partial charge in [-0.3, -0.25) is 0 Å². The van der Waals surface area contributed by atoms with Gasteiger partial charge in [-0.2, -0.15) is 4.31 Å². The summed E-state index contributed by atoms with van der Waals surface area (Å²) in [5, 5.41) is 5.42. The number of rotatable bonds is 5. The highest BCUT2D eigenvalue weighted by atomic mass is 32.2. The fourth-order valence-corrected chi connectivity index (χ4v) is 3.45. The molecule has 1 aromatic heterocycles. The number of ether oxygens (including phenoxy) is 1. The van der Waals surface area contributed by atoms with Crippen molar-refractivity contribution in [2.75, 3.05) is 37.8 Å². The van der Waals surface area contributed by atoms with Crippen molar-refractivity contribution in [1.82, 2.24) is 14.6 Å². The number of carbonyl (C=O) groups is 1. The number of nitrogens with one attached hydrogen (secondary N) is 2. The van der Waals surface area contributed by atoms with Gasteiger partial charge in [0, 0.05) is 30.9 Å². The quantitative estimate of drug-likeness (QED) is 0.804. The third kappa shape index (κ3) is 4.81. The van der Waals surface area contributed by atoms with Gasteiger partial charge in [-0.15, -0.1) is 0 Å². The molecule has 10 heteroatoms. The first kappa shape index (κ1) is 18.4. The third-order valence-electron chi connectivity index (χ3n) is 3.90. The standard InChI is InChI=1S/C16H20N4O5S/c1-26(22,23)20-5-6-24-14(10-20)8-18-16(21)19-13-4-2-3-12(7-13)15-9-17-11-25-15/h2-4,7,9,11,14H,5-6,8,10H2,1H3,(H2,18,19,21)/t14-/m1/s1. The third-order valence-corrected chi connectivity index (χ3v) is 5.17. The summed E-state index contributed by atoms with van der Waals surface area (Å²) in [4.78, 5) is 16.0. The van der Waals surface area contributed by atoms with Gasteiger partial charge in [-0.25, -0.2) is 18.2 Å². The average molecular weight is 380 g/mol. The highest BCUT2D eigenvalue weighted by Crippen LogP contribution is 2.21. The molecule has 1 aromatic carbocycles. The Kier molecular flexibility index (Phi) is 5.55. The highest BCUT2D eigenvalue weighted by molar-refractivity contribution is 7.88. The van der Waals surface area contributed by atoms with E-state index < -0.39 is 16.1 Å². The monoisotopic (exact) mass is 380 g/mol. The molecule has 2 N–H and O–H groups in total. The summed E-state index contributed by atoms with van der Waals surface area (Å²) < 4.78 is 35.3. The van der Waals surface area contributed by atoms with Crippen molar-refractivity contribution < 1.29 is 22.4 Å². The van der Waals surface area contributed by atoms with Crippen molar-refractivity contribution >= 4 is 21.7 Å². The summed E-state index contributed by atoms with van der Waals surface area (Å²) in [5.41, 5.74) is 1.39. The van der Waals surface area contributed by atoms with Gasteiger partial charge in [0.15, 0.2) is 12.2 Å². The fraction of sp³-hybridized carbons (Fsp3) is 0.375. The summed E-state index contributed by atoms with van der Waals surface area (Å²) in [6.07, 6.45) is 3.71. The lowest BCUT2D eigenvalue weighted by atomic mass is 10.1. The molecule has 0 saturated carbocycles. The molecule has 1 fully saturated rings. The molecular formula is C16H20N4O5S. The number of nitrogens with zero attached hydrogens (tertiary/aromatic N) is 2. The molecule has 1 atom stereocenters. The molecule has 140 valence electrons. The first-order valence-electron chi connectivity index (χ1n) is 8.02. The van der Waals surface area contributed by atoms with Crippen molar-refractivity contribution in [3.8, 4) is 11.3 Å². The maximum atomic E-state index is 12.1. The molecule has 2 aromatic rings. The Hall–Kier alpha value is -2.43. The maximum absolute atomic E-state index is 12.1. The Morgan fingerprint density at radius 3 is 3.00 bits per heavy atom. The minimum atomic E-state index is -3.26. The van der Waals surface area contributed by atoms with E-state index >= 15 is 0 Å². The van der Waals surface area contributed by atoms with Crippen LogP contribution in [0.15, 0.2) is 41.3 Å². The number of oxazole rings is 1. The summed E-state index contributed by atoms with van der Waals surface area (Å²) in [5.74, 6) is 0.602. The predicted molar refractivity (Wildman–Crippen MR) is 95.1 cm³/mol. The predicted octanol–water partition coefficient (Wildman–Crippen LogP) is 1.12. The van der Waals surface area contributed by atoms with Crippen LogP contribution in [0, 0.1) is 0 Å². The second-order valence-electron chi connectivity index (χ2n) is 5.90. The number of morpholine rings is 1. The van der Waals surface area contributed by atoms with E-state index in [1.165, 1.54) is 10.7 Å². The molecular weight excluding hydrogens is 360 g/mol. The van der Waals surface area contributed by atoms with Crippen LogP contribution >= 0.6 is 0 Å². The van der Waals surface area contributed by atoms with Crippen LogP contribution in [0.2, 0.25) is 0 Å². The Balaban J connectivity index is 1.52. The van der Waals surface area contributed by atoms with Crippen LogP contribution in [0.25, 0.3) is 11.3 Å². The van der Waals surface area contributed by atoms with E-state index in [-0.39, 0.29) is 19.2 Å². The largest absolute Gasteiger partial charge is 0.444 e. The van der Waals surface area contributed by atoms with E-state index in [9.17, 15) is 13.2 Å². The van der Waals surface area contributed by atoms with Crippen molar-refractivity contribution in [2.24, 2.45) is 0 Å². The Bertz CT molecular complexity index is 853.